The van der Waals surface area contributed by atoms with Crippen molar-refractivity contribution in [2.45, 2.75) is 38.6 Å². The zero-order chi connectivity index (χ0) is 19.6. The van der Waals surface area contributed by atoms with Crippen LogP contribution in [0.4, 0.5) is 0 Å². The molecule has 0 unspecified atom stereocenters. The van der Waals surface area contributed by atoms with Crippen molar-refractivity contribution in [3.63, 3.8) is 0 Å². The van der Waals surface area contributed by atoms with E-state index in [9.17, 15) is 5.11 Å². The standard InChI is InChI=1S/C22H28ClNO3/c1-5-6-15-11-22(27-4)16(12-21(15)26-3)10-19-17-13-20(25)18(23)9-14(17)7-8-24(19)2/h9,11-13,19,25H,5-8,10H2,1-4H3/t19-/m1/s1. The number of ether oxygens (including phenoxy) is 2. The highest BCUT2D eigenvalue weighted by Gasteiger charge is 2.27. The molecule has 0 saturated carbocycles. The second kappa shape index (κ2) is 8.41. The minimum absolute atomic E-state index is 0.138. The summed E-state index contributed by atoms with van der Waals surface area (Å²) in [7, 11) is 5.55. The highest BCUT2D eigenvalue weighted by Crippen LogP contribution is 2.39. The van der Waals surface area contributed by atoms with Gasteiger partial charge < -0.3 is 14.6 Å². The molecule has 0 radical (unpaired) electrons. The molecular weight excluding hydrogens is 362 g/mol. The van der Waals surface area contributed by atoms with Gasteiger partial charge in [0.15, 0.2) is 0 Å². The molecule has 5 heteroatoms. The normalized spacial score (nSPS) is 16.9. The van der Waals surface area contributed by atoms with Gasteiger partial charge >= 0.3 is 0 Å². The molecule has 1 aliphatic rings. The Labute approximate surface area is 166 Å². The van der Waals surface area contributed by atoms with Crippen molar-refractivity contribution in [1.82, 2.24) is 4.90 Å². The fourth-order valence-electron chi connectivity index (χ4n) is 3.96. The topological polar surface area (TPSA) is 41.9 Å². The lowest BCUT2D eigenvalue weighted by atomic mass is 9.88. The van der Waals surface area contributed by atoms with E-state index in [2.05, 4.69) is 31.0 Å². The van der Waals surface area contributed by atoms with E-state index in [0.717, 1.165) is 54.9 Å². The van der Waals surface area contributed by atoms with Crippen LogP contribution in [0.1, 0.15) is 41.6 Å². The Morgan fingerprint density at radius 2 is 1.78 bits per heavy atom. The molecule has 1 aliphatic heterocycles. The average molecular weight is 390 g/mol. The number of phenols is 1. The number of hydrogen-bond donors (Lipinski definition) is 1. The van der Waals surface area contributed by atoms with Gasteiger partial charge in [-0.15, -0.1) is 0 Å². The van der Waals surface area contributed by atoms with Gasteiger partial charge in [0, 0.05) is 12.6 Å². The maximum atomic E-state index is 10.1. The van der Waals surface area contributed by atoms with Crippen LogP contribution in [-0.4, -0.2) is 37.8 Å². The van der Waals surface area contributed by atoms with Crippen LogP contribution in [0.15, 0.2) is 24.3 Å². The van der Waals surface area contributed by atoms with Crippen molar-refractivity contribution in [2.24, 2.45) is 0 Å². The van der Waals surface area contributed by atoms with Gasteiger partial charge in [-0.3, -0.25) is 4.90 Å². The molecule has 0 amide bonds. The summed E-state index contributed by atoms with van der Waals surface area (Å²) in [5, 5.41) is 10.5. The van der Waals surface area contributed by atoms with Crippen LogP contribution in [-0.2, 0) is 19.3 Å². The summed E-state index contributed by atoms with van der Waals surface area (Å²) in [5.74, 6) is 1.93. The molecule has 0 aliphatic carbocycles. The SMILES string of the molecule is CCCc1cc(OC)c(C[C@@H]2c3cc(O)c(Cl)cc3CCN2C)cc1OC. The summed E-state index contributed by atoms with van der Waals surface area (Å²) < 4.78 is 11.3. The lowest BCUT2D eigenvalue weighted by Crippen LogP contribution is -2.33. The first-order valence-corrected chi connectivity index (χ1v) is 9.81. The van der Waals surface area contributed by atoms with Gasteiger partial charge in [-0.25, -0.2) is 0 Å². The molecule has 0 aromatic heterocycles. The largest absolute Gasteiger partial charge is 0.506 e. The molecule has 0 spiro atoms. The van der Waals surface area contributed by atoms with Gasteiger partial charge in [0.05, 0.1) is 19.2 Å². The van der Waals surface area contributed by atoms with Crippen molar-refractivity contribution in [2.75, 3.05) is 27.8 Å². The Morgan fingerprint density at radius 1 is 1.11 bits per heavy atom. The molecule has 1 atom stereocenters. The monoisotopic (exact) mass is 389 g/mol. The predicted molar refractivity (Wildman–Crippen MR) is 109 cm³/mol. The number of nitrogens with zero attached hydrogens (tertiary/aromatic N) is 1. The number of methoxy groups -OCH3 is 2. The van der Waals surface area contributed by atoms with E-state index >= 15 is 0 Å². The summed E-state index contributed by atoms with van der Waals surface area (Å²) in [6, 6.07) is 8.05. The summed E-state index contributed by atoms with van der Waals surface area (Å²) in [6.45, 7) is 3.11. The van der Waals surface area contributed by atoms with Crippen molar-refractivity contribution in [3.8, 4) is 17.2 Å². The Kier molecular flexibility index (Phi) is 6.18. The second-order valence-electron chi connectivity index (χ2n) is 7.18. The smallest absolute Gasteiger partial charge is 0.134 e. The molecule has 2 aromatic carbocycles. The average Bonchev–Trinajstić information content (AvgIpc) is 2.66. The second-order valence-corrected chi connectivity index (χ2v) is 7.59. The number of halogens is 1. The highest BCUT2D eigenvalue weighted by molar-refractivity contribution is 6.32. The minimum Gasteiger partial charge on any atom is -0.506 e. The molecule has 3 rings (SSSR count). The molecule has 2 aromatic rings. The molecule has 0 saturated heterocycles. The third-order valence-electron chi connectivity index (χ3n) is 5.45. The lowest BCUT2D eigenvalue weighted by molar-refractivity contribution is 0.227. The first kappa shape index (κ1) is 19.8. The summed E-state index contributed by atoms with van der Waals surface area (Å²) >= 11 is 6.12. The van der Waals surface area contributed by atoms with Crippen molar-refractivity contribution >= 4 is 11.6 Å². The summed E-state index contributed by atoms with van der Waals surface area (Å²) in [4.78, 5) is 2.32. The number of fused-ring (bicyclic) bond motifs is 1. The Morgan fingerprint density at radius 3 is 2.44 bits per heavy atom. The van der Waals surface area contributed by atoms with E-state index < -0.39 is 0 Å². The highest BCUT2D eigenvalue weighted by atomic mass is 35.5. The molecule has 27 heavy (non-hydrogen) atoms. The minimum atomic E-state index is 0.138. The van der Waals surface area contributed by atoms with E-state index in [-0.39, 0.29) is 11.8 Å². The fraction of sp³-hybridized carbons (Fsp3) is 0.455. The number of phenolic OH excluding ortho intramolecular Hbond substituents is 1. The van der Waals surface area contributed by atoms with Gasteiger partial charge in [-0.05, 0) is 72.8 Å². The molecule has 4 nitrogen and oxygen atoms in total. The van der Waals surface area contributed by atoms with Crippen LogP contribution in [0.5, 0.6) is 17.2 Å². The number of aryl methyl sites for hydroxylation is 1. The Hall–Kier alpha value is -1.91. The predicted octanol–water partition coefficient (Wildman–Crippen LogP) is 4.79. The zero-order valence-corrected chi connectivity index (χ0v) is 17.3. The van der Waals surface area contributed by atoms with Crippen LogP contribution in [0, 0.1) is 0 Å². The first-order valence-electron chi connectivity index (χ1n) is 9.43. The van der Waals surface area contributed by atoms with Gasteiger partial charge in [0.2, 0.25) is 0 Å². The Balaban J connectivity index is 2.01. The van der Waals surface area contributed by atoms with Crippen LogP contribution < -0.4 is 9.47 Å². The summed E-state index contributed by atoms with van der Waals surface area (Å²) in [5.41, 5.74) is 4.61. The molecule has 1 N–H and O–H groups in total. The maximum absolute atomic E-state index is 10.1. The first-order chi connectivity index (χ1) is 13.0. The number of hydrogen-bond acceptors (Lipinski definition) is 4. The van der Waals surface area contributed by atoms with Gasteiger partial charge in [0.1, 0.15) is 17.2 Å². The van der Waals surface area contributed by atoms with Crippen molar-refractivity contribution < 1.29 is 14.6 Å². The van der Waals surface area contributed by atoms with Crippen LogP contribution >= 0.6 is 11.6 Å². The van der Waals surface area contributed by atoms with Gasteiger partial charge in [-0.1, -0.05) is 24.9 Å². The summed E-state index contributed by atoms with van der Waals surface area (Å²) in [6.07, 6.45) is 3.71. The number of aromatic hydroxyl groups is 1. The van der Waals surface area contributed by atoms with Crippen LogP contribution in [0.2, 0.25) is 5.02 Å². The third kappa shape index (κ3) is 4.02. The van der Waals surface area contributed by atoms with Crippen molar-refractivity contribution in [3.05, 3.63) is 51.5 Å². The van der Waals surface area contributed by atoms with Crippen molar-refractivity contribution in [1.29, 1.82) is 0 Å². The molecule has 1 heterocycles. The van der Waals surface area contributed by atoms with Crippen LogP contribution in [0.25, 0.3) is 0 Å². The fourth-order valence-corrected chi connectivity index (χ4v) is 4.14. The van der Waals surface area contributed by atoms with Crippen LogP contribution in [0.3, 0.4) is 0 Å². The number of rotatable bonds is 6. The third-order valence-corrected chi connectivity index (χ3v) is 5.75. The van der Waals surface area contributed by atoms with Gasteiger partial charge in [0.25, 0.3) is 0 Å². The molecule has 0 fully saturated rings. The molecule has 146 valence electrons. The molecular formula is C22H28ClNO3. The van der Waals surface area contributed by atoms with E-state index in [1.165, 1.54) is 11.1 Å². The quantitative estimate of drug-likeness (QED) is 0.771. The van der Waals surface area contributed by atoms with E-state index in [0.29, 0.717) is 5.02 Å². The zero-order valence-electron chi connectivity index (χ0n) is 16.5. The van der Waals surface area contributed by atoms with E-state index in [4.69, 9.17) is 21.1 Å². The van der Waals surface area contributed by atoms with E-state index in [1.54, 1.807) is 14.2 Å². The lowest BCUT2D eigenvalue weighted by Gasteiger charge is -2.35. The number of benzene rings is 2. The van der Waals surface area contributed by atoms with Gasteiger partial charge in [-0.2, -0.15) is 0 Å². The molecule has 0 bridgehead atoms. The maximum Gasteiger partial charge on any atom is 0.134 e. The Bertz CT molecular complexity index is 822. The number of likely N-dealkylation sites (N-methyl/N-ethyl adjacent to an activating group) is 1. The van der Waals surface area contributed by atoms with E-state index in [1.807, 2.05) is 12.1 Å².